The molecule has 0 aliphatic heterocycles. The van der Waals surface area contributed by atoms with E-state index in [0.717, 1.165) is 18.2 Å². The SMILES string of the molecule is COCc1nc(C2CC2C)sc1CNC(C)(C)C. The van der Waals surface area contributed by atoms with Crippen LogP contribution >= 0.6 is 11.3 Å². The normalized spacial score (nSPS) is 23.4. The molecule has 1 saturated carbocycles. The predicted molar refractivity (Wildman–Crippen MR) is 75.9 cm³/mol. The fourth-order valence-corrected chi connectivity index (χ4v) is 3.22. The number of nitrogens with one attached hydrogen (secondary N) is 1. The van der Waals surface area contributed by atoms with Crippen LogP contribution in [0.25, 0.3) is 0 Å². The van der Waals surface area contributed by atoms with Gasteiger partial charge in [-0.3, -0.25) is 0 Å². The monoisotopic (exact) mass is 268 g/mol. The summed E-state index contributed by atoms with van der Waals surface area (Å²) in [5.74, 6) is 1.52. The van der Waals surface area contributed by atoms with Crippen LogP contribution in [0, 0.1) is 5.92 Å². The number of methoxy groups -OCH3 is 1. The predicted octanol–water partition coefficient (Wildman–Crippen LogP) is 3.30. The third-order valence-corrected chi connectivity index (χ3v) is 4.51. The van der Waals surface area contributed by atoms with Gasteiger partial charge in [0.2, 0.25) is 0 Å². The summed E-state index contributed by atoms with van der Waals surface area (Å²) in [6, 6.07) is 0. The summed E-state index contributed by atoms with van der Waals surface area (Å²) in [7, 11) is 1.74. The number of nitrogens with zero attached hydrogens (tertiary/aromatic N) is 1. The Hall–Kier alpha value is -0.450. The minimum atomic E-state index is 0.140. The summed E-state index contributed by atoms with van der Waals surface area (Å²) in [6.45, 7) is 10.4. The topological polar surface area (TPSA) is 34.1 Å². The Bertz CT molecular complexity index is 408. The molecule has 4 heteroatoms. The standard InChI is InChI=1S/C14H24N2OS/c1-9-6-10(9)13-16-11(8-17-5)12(18-13)7-15-14(2,3)4/h9-10,15H,6-8H2,1-5H3. The molecule has 1 fully saturated rings. The molecule has 0 radical (unpaired) electrons. The third kappa shape index (κ3) is 3.53. The van der Waals surface area contributed by atoms with Gasteiger partial charge in [-0.1, -0.05) is 6.92 Å². The van der Waals surface area contributed by atoms with Crippen LogP contribution in [0.4, 0.5) is 0 Å². The number of rotatable bonds is 5. The van der Waals surface area contributed by atoms with Crippen molar-refractivity contribution < 1.29 is 4.74 Å². The first-order valence-corrected chi connectivity index (χ1v) is 7.45. The Morgan fingerprint density at radius 1 is 1.44 bits per heavy atom. The van der Waals surface area contributed by atoms with E-state index in [2.05, 4.69) is 33.0 Å². The lowest BCUT2D eigenvalue weighted by Gasteiger charge is -2.20. The molecule has 1 N–H and O–H groups in total. The summed E-state index contributed by atoms with van der Waals surface area (Å²) >= 11 is 1.86. The van der Waals surface area contributed by atoms with Gasteiger partial charge in [0, 0.05) is 30.0 Å². The van der Waals surface area contributed by atoms with Crippen LogP contribution in [0.1, 0.15) is 55.6 Å². The molecule has 18 heavy (non-hydrogen) atoms. The van der Waals surface area contributed by atoms with Crippen LogP contribution in [0.15, 0.2) is 0 Å². The van der Waals surface area contributed by atoms with Crippen molar-refractivity contribution in [3.63, 3.8) is 0 Å². The molecule has 2 atom stereocenters. The highest BCUT2D eigenvalue weighted by atomic mass is 32.1. The first-order valence-electron chi connectivity index (χ1n) is 6.63. The molecule has 0 aromatic carbocycles. The molecule has 1 aromatic heterocycles. The van der Waals surface area contributed by atoms with Crippen LogP contribution in [0.5, 0.6) is 0 Å². The summed E-state index contributed by atoms with van der Waals surface area (Å²) in [5.41, 5.74) is 1.26. The molecule has 2 rings (SSSR count). The van der Waals surface area contributed by atoms with Crippen molar-refractivity contribution in [2.45, 2.75) is 58.7 Å². The van der Waals surface area contributed by atoms with Gasteiger partial charge >= 0.3 is 0 Å². The van der Waals surface area contributed by atoms with Crippen molar-refractivity contribution in [2.24, 2.45) is 5.92 Å². The van der Waals surface area contributed by atoms with E-state index >= 15 is 0 Å². The summed E-state index contributed by atoms with van der Waals surface area (Å²) < 4.78 is 5.26. The zero-order chi connectivity index (χ0) is 13.3. The lowest BCUT2D eigenvalue weighted by Crippen LogP contribution is -2.35. The zero-order valence-electron chi connectivity index (χ0n) is 12.0. The fraction of sp³-hybridized carbons (Fsp3) is 0.786. The van der Waals surface area contributed by atoms with E-state index in [1.54, 1.807) is 7.11 Å². The quantitative estimate of drug-likeness (QED) is 0.889. The Balaban J connectivity index is 2.08. The van der Waals surface area contributed by atoms with Gasteiger partial charge < -0.3 is 10.1 Å². The Kier molecular flexibility index (Phi) is 4.09. The van der Waals surface area contributed by atoms with E-state index in [4.69, 9.17) is 9.72 Å². The molecule has 0 bridgehead atoms. The smallest absolute Gasteiger partial charge is 0.0966 e. The number of thiazole rings is 1. The maximum Gasteiger partial charge on any atom is 0.0966 e. The van der Waals surface area contributed by atoms with Gasteiger partial charge in [-0.05, 0) is 33.1 Å². The van der Waals surface area contributed by atoms with Gasteiger partial charge in [-0.2, -0.15) is 0 Å². The minimum Gasteiger partial charge on any atom is -0.378 e. The van der Waals surface area contributed by atoms with E-state index < -0.39 is 0 Å². The van der Waals surface area contributed by atoms with E-state index in [9.17, 15) is 0 Å². The van der Waals surface area contributed by atoms with Crippen LogP contribution < -0.4 is 5.32 Å². The van der Waals surface area contributed by atoms with Crippen LogP contribution in [0.2, 0.25) is 0 Å². The molecule has 1 heterocycles. The van der Waals surface area contributed by atoms with Gasteiger partial charge in [0.25, 0.3) is 0 Å². The van der Waals surface area contributed by atoms with Crippen molar-refractivity contribution in [2.75, 3.05) is 7.11 Å². The van der Waals surface area contributed by atoms with E-state index in [0.29, 0.717) is 12.5 Å². The fourth-order valence-electron chi connectivity index (χ4n) is 1.96. The zero-order valence-corrected chi connectivity index (χ0v) is 12.9. The average molecular weight is 268 g/mol. The molecule has 1 aliphatic carbocycles. The summed E-state index contributed by atoms with van der Waals surface area (Å²) in [4.78, 5) is 6.10. The van der Waals surface area contributed by atoms with Gasteiger partial charge in [0.1, 0.15) is 0 Å². The van der Waals surface area contributed by atoms with Crippen molar-refractivity contribution in [3.05, 3.63) is 15.6 Å². The van der Waals surface area contributed by atoms with E-state index in [-0.39, 0.29) is 5.54 Å². The Morgan fingerprint density at radius 2 is 2.11 bits per heavy atom. The lowest BCUT2D eigenvalue weighted by molar-refractivity contribution is 0.181. The number of hydrogen-bond donors (Lipinski definition) is 1. The molecular formula is C14H24N2OS. The first kappa shape index (κ1) is 14.0. The van der Waals surface area contributed by atoms with Gasteiger partial charge in [-0.15, -0.1) is 11.3 Å². The second kappa shape index (κ2) is 5.27. The molecular weight excluding hydrogens is 244 g/mol. The lowest BCUT2D eigenvalue weighted by atomic mass is 10.1. The van der Waals surface area contributed by atoms with Gasteiger partial charge in [0.15, 0.2) is 0 Å². The molecule has 1 aromatic rings. The summed E-state index contributed by atoms with van der Waals surface area (Å²) in [6.07, 6.45) is 1.30. The van der Waals surface area contributed by atoms with Crippen LogP contribution in [0.3, 0.4) is 0 Å². The van der Waals surface area contributed by atoms with Crippen LogP contribution in [-0.2, 0) is 17.9 Å². The second-order valence-corrected chi connectivity index (χ2v) is 7.39. The maximum absolute atomic E-state index is 5.26. The minimum absolute atomic E-state index is 0.140. The number of ether oxygens (including phenoxy) is 1. The molecule has 0 spiro atoms. The van der Waals surface area contributed by atoms with E-state index in [1.165, 1.54) is 16.3 Å². The molecule has 0 amide bonds. The first-order chi connectivity index (χ1) is 8.40. The van der Waals surface area contributed by atoms with E-state index in [1.807, 2.05) is 11.3 Å². The number of hydrogen-bond acceptors (Lipinski definition) is 4. The van der Waals surface area contributed by atoms with Crippen molar-refractivity contribution in [3.8, 4) is 0 Å². The van der Waals surface area contributed by atoms with Crippen molar-refractivity contribution >= 4 is 11.3 Å². The molecule has 1 aliphatic rings. The number of aromatic nitrogens is 1. The van der Waals surface area contributed by atoms with Crippen molar-refractivity contribution in [1.29, 1.82) is 0 Å². The molecule has 2 unspecified atom stereocenters. The van der Waals surface area contributed by atoms with Crippen molar-refractivity contribution in [1.82, 2.24) is 10.3 Å². The molecule has 3 nitrogen and oxygen atoms in total. The maximum atomic E-state index is 5.26. The van der Waals surface area contributed by atoms with Crippen LogP contribution in [-0.4, -0.2) is 17.6 Å². The highest BCUT2D eigenvalue weighted by molar-refractivity contribution is 7.11. The molecule has 102 valence electrons. The largest absolute Gasteiger partial charge is 0.378 e. The highest BCUT2D eigenvalue weighted by Gasteiger charge is 2.37. The van der Waals surface area contributed by atoms with Gasteiger partial charge in [-0.25, -0.2) is 4.98 Å². The van der Waals surface area contributed by atoms with Gasteiger partial charge in [0.05, 0.1) is 17.3 Å². The third-order valence-electron chi connectivity index (χ3n) is 3.28. The Labute approximate surface area is 114 Å². The molecule has 0 saturated heterocycles. The second-order valence-electron chi connectivity index (χ2n) is 6.28. The highest BCUT2D eigenvalue weighted by Crippen LogP contribution is 2.48. The summed E-state index contributed by atoms with van der Waals surface area (Å²) in [5, 5.41) is 4.84. The average Bonchev–Trinajstić information content (AvgIpc) is 2.85. The Morgan fingerprint density at radius 3 is 2.61 bits per heavy atom.